The second kappa shape index (κ2) is 10.2. The highest BCUT2D eigenvalue weighted by molar-refractivity contribution is 7.89. The molecule has 0 atom stereocenters. The molecule has 1 fully saturated rings. The number of halogens is 3. The van der Waals surface area contributed by atoms with Gasteiger partial charge in [0, 0.05) is 37.4 Å². The monoisotopic (exact) mass is 519 g/mol. The fraction of sp³-hybridized carbons (Fsp3) is 0.240. The molecular formula is C25H24F3N3O4S. The summed E-state index contributed by atoms with van der Waals surface area (Å²) in [4.78, 5) is 14.3. The SMILES string of the molecule is COc1ccc(S(=O)(=O)N2CCN(c3cccc(C(F)(F)F)c3)CC2)cc1NC(=O)c1ccccc1. The third-order valence-corrected chi connectivity index (χ3v) is 7.76. The van der Waals surface area contributed by atoms with Gasteiger partial charge in [0.1, 0.15) is 5.75 Å². The van der Waals surface area contributed by atoms with E-state index < -0.39 is 27.7 Å². The Balaban J connectivity index is 1.50. The van der Waals surface area contributed by atoms with Crippen LogP contribution < -0.4 is 15.0 Å². The first kappa shape index (κ1) is 25.5. The summed E-state index contributed by atoms with van der Waals surface area (Å²) < 4.78 is 72.4. The minimum Gasteiger partial charge on any atom is -0.495 e. The number of ether oxygens (including phenoxy) is 1. The number of nitrogens with one attached hydrogen (secondary N) is 1. The zero-order valence-corrected chi connectivity index (χ0v) is 20.1. The van der Waals surface area contributed by atoms with Gasteiger partial charge in [-0.15, -0.1) is 0 Å². The molecule has 1 aliphatic rings. The van der Waals surface area contributed by atoms with Gasteiger partial charge in [0.2, 0.25) is 10.0 Å². The van der Waals surface area contributed by atoms with Gasteiger partial charge < -0.3 is 15.0 Å². The van der Waals surface area contributed by atoms with Gasteiger partial charge in [-0.05, 0) is 48.5 Å². The largest absolute Gasteiger partial charge is 0.495 e. The highest BCUT2D eigenvalue weighted by Crippen LogP contribution is 2.33. The van der Waals surface area contributed by atoms with E-state index in [4.69, 9.17) is 4.74 Å². The summed E-state index contributed by atoms with van der Waals surface area (Å²) in [6, 6.07) is 17.6. The van der Waals surface area contributed by atoms with Crippen LogP contribution in [0.25, 0.3) is 0 Å². The van der Waals surface area contributed by atoms with Gasteiger partial charge >= 0.3 is 6.18 Å². The number of carbonyl (C=O) groups excluding carboxylic acids is 1. The Labute approximate surface area is 207 Å². The molecule has 1 saturated heterocycles. The Bertz CT molecular complexity index is 1340. The Morgan fingerprint density at radius 1 is 0.917 bits per heavy atom. The smallest absolute Gasteiger partial charge is 0.416 e. The lowest BCUT2D eigenvalue weighted by molar-refractivity contribution is -0.137. The molecule has 11 heteroatoms. The van der Waals surface area contributed by atoms with Gasteiger partial charge in [0.15, 0.2) is 0 Å². The van der Waals surface area contributed by atoms with Gasteiger partial charge in [0.05, 0.1) is 23.3 Å². The van der Waals surface area contributed by atoms with E-state index in [0.29, 0.717) is 17.0 Å². The molecule has 0 aliphatic carbocycles. The average molecular weight is 520 g/mol. The molecule has 1 heterocycles. The number of benzene rings is 3. The van der Waals surface area contributed by atoms with E-state index in [0.717, 1.165) is 12.1 Å². The quantitative estimate of drug-likeness (QED) is 0.520. The van der Waals surface area contributed by atoms with Gasteiger partial charge in [-0.3, -0.25) is 4.79 Å². The number of amides is 1. The zero-order valence-electron chi connectivity index (χ0n) is 19.3. The van der Waals surface area contributed by atoms with Crippen LogP contribution in [0.2, 0.25) is 0 Å². The molecule has 0 aromatic heterocycles. The molecule has 4 rings (SSSR count). The summed E-state index contributed by atoms with van der Waals surface area (Å²) in [6.45, 7) is 0.648. The number of anilines is 2. The van der Waals surface area contributed by atoms with Crippen LogP contribution in [0.1, 0.15) is 15.9 Å². The number of nitrogens with zero attached hydrogens (tertiary/aromatic N) is 2. The summed E-state index contributed by atoms with van der Waals surface area (Å²) in [7, 11) is -2.52. The van der Waals surface area contributed by atoms with Crippen LogP contribution >= 0.6 is 0 Å². The molecule has 1 amide bonds. The lowest BCUT2D eigenvalue weighted by atomic mass is 10.1. The van der Waals surface area contributed by atoms with Crippen LogP contribution in [-0.2, 0) is 16.2 Å². The van der Waals surface area contributed by atoms with Crippen LogP contribution in [0.15, 0.2) is 77.7 Å². The van der Waals surface area contributed by atoms with Crippen molar-refractivity contribution in [1.82, 2.24) is 4.31 Å². The molecule has 1 aliphatic heterocycles. The topological polar surface area (TPSA) is 79.0 Å². The van der Waals surface area contributed by atoms with Crippen molar-refractivity contribution in [2.45, 2.75) is 11.1 Å². The summed E-state index contributed by atoms with van der Waals surface area (Å²) in [6.07, 6.45) is -4.46. The first-order valence-corrected chi connectivity index (χ1v) is 12.5. The first-order chi connectivity index (χ1) is 17.1. The lowest BCUT2D eigenvalue weighted by Crippen LogP contribution is -2.48. The predicted octanol–water partition coefficient (Wildman–Crippen LogP) is 4.48. The van der Waals surface area contributed by atoms with Gasteiger partial charge in [-0.25, -0.2) is 8.42 Å². The van der Waals surface area contributed by atoms with Crippen LogP contribution in [0.3, 0.4) is 0 Å². The Kier molecular flexibility index (Phi) is 7.23. The predicted molar refractivity (Wildman–Crippen MR) is 130 cm³/mol. The van der Waals surface area contributed by atoms with Gasteiger partial charge in [-0.1, -0.05) is 24.3 Å². The third-order valence-electron chi connectivity index (χ3n) is 5.87. The maximum absolute atomic E-state index is 13.3. The number of hydrogen-bond donors (Lipinski definition) is 1. The van der Waals surface area contributed by atoms with Crippen molar-refractivity contribution in [3.8, 4) is 5.75 Å². The number of piperazine rings is 1. The number of methoxy groups -OCH3 is 1. The number of hydrogen-bond acceptors (Lipinski definition) is 5. The van der Waals surface area contributed by atoms with E-state index in [1.54, 1.807) is 41.3 Å². The molecule has 7 nitrogen and oxygen atoms in total. The van der Waals surface area contributed by atoms with Crippen LogP contribution in [0, 0.1) is 0 Å². The van der Waals surface area contributed by atoms with E-state index in [1.807, 2.05) is 0 Å². The summed E-state index contributed by atoms with van der Waals surface area (Å²) in [5, 5.41) is 2.69. The van der Waals surface area contributed by atoms with Crippen molar-refractivity contribution in [1.29, 1.82) is 0 Å². The fourth-order valence-corrected chi connectivity index (χ4v) is 5.39. The Hall–Kier alpha value is -3.57. The number of sulfonamides is 1. The van der Waals surface area contributed by atoms with Crippen molar-refractivity contribution in [2.75, 3.05) is 43.5 Å². The van der Waals surface area contributed by atoms with Crippen molar-refractivity contribution in [2.24, 2.45) is 0 Å². The standard InChI is InChI=1S/C25H24F3N3O4S/c1-35-23-11-10-21(17-22(23)29-24(32)18-6-3-2-4-7-18)36(33,34)31-14-12-30(13-15-31)20-9-5-8-19(16-20)25(26,27)28/h2-11,16-17H,12-15H2,1H3,(H,29,32). The van der Waals surface area contributed by atoms with Gasteiger partial charge in [-0.2, -0.15) is 17.5 Å². The van der Waals surface area contributed by atoms with Crippen LogP contribution in [0.4, 0.5) is 24.5 Å². The Morgan fingerprint density at radius 2 is 1.61 bits per heavy atom. The minimum atomic E-state index is -4.46. The molecule has 3 aromatic carbocycles. The van der Waals surface area contributed by atoms with E-state index in [-0.39, 0.29) is 36.8 Å². The molecule has 0 unspecified atom stereocenters. The highest BCUT2D eigenvalue weighted by Gasteiger charge is 2.32. The maximum Gasteiger partial charge on any atom is 0.416 e. The van der Waals surface area contributed by atoms with E-state index in [1.165, 1.54) is 35.7 Å². The van der Waals surface area contributed by atoms with Crippen molar-refractivity contribution >= 4 is 27.3 Å². The third kappa shape index (κ3) is 5.47. The second-order valence-corrected chi connectivity index (χ2v) is 10.1. The molecule has 190 valence electrons. The normalized spacial score (nSPS) is 14.9. The van der Waals surface area contributed by atoms with Crippen LogP contribution in [0.5, 0.6) is 5.75 Å². The second-order valence-electron chi connectivity index (χ2n) is 8.12. The van der Waals surface area contributed by atoms with Crippen molar-refractivity contribution in [3.63, 3.8) is 0 Å². The molecule has 0 saturated carbocycles. The average Bonchev–Trinajstić information content (AvgIpc) is 2.89. The Morgan fingerprint density at radius 3 is 2.25 bits per heavy atom. The fourth-order valence-electron chi connectivity index (χ4n) is 3.94. The van der Waals surface area contributed by atoms with E-state index in [2.05, 4.69) is 5.32 Å². The highest BCUT2D eigenvalue weighted by atomic mass is 32.2. The minimum absolute atomic E-state index is 0.0285. The van der Waals surface area contributed by atoms with Crippen LogP contribution in [-0.4, -0.2) is 51.9 Å². The molecule has 0 spiro atoms. The van der Waals surface area contributed by atoms with Crippen molar-refractivity contribution < 1.29 is 31.1 Å². The summed E-state index contributed by atoms with van der Waals surface area (Å²) >= 11 is 0. The van der Waals surface area contributed by atoms with E-state index in [9.17, 15) is 26.4 Å². The maximum atomic E-state index is 13.3. The molecule has 36 heavy (non-hydrogen) atoms. The summed E-state index contributed by atoms with van der Waals surface area (Å²) in [5.41, 5.74) is 0.240. The first-order valence-electron chi connectivity index (χ1n) is 11.1. The van der Waals surface area contributed by atoms with Gasteiger partial charge in [0.25, 0.3) is 5.91 Å². The zero-order chi connectivity index (χ0) is 25.9. The lowest BCUT2D eigenvalue weighted by Gasteiger charge is -2.35. The number of alkyl halides is 3. The molecular weight excluding hydrogens is 495 g/mol. The number of rotatable bonds is 6. The number of carbonyl (C=O) groups is 1. The van der Waals surface area contributed by atoms with E-state index >= 15 is 0 Å². The molecule has 0 bridgehead atoms. The molecule has 0 radical (unpaired) electrons. The molecule has 1 N–H and O–H groups in total. The van der Waals surface area contributed by atoms with Crippen molar-refractivity contribution in [3.05, 3.63) is 83.9 Å². The summed E-state index contributed by atoms with van der Waals surface area (Å²) in [5.74, 6) is -0.120. The molecule has 3 aromatic rings.